The summed E-state index contributed by atoms with van der Waals surface area (Å²) in [4.78, 5) is 10.6. The van der Waals surface area contributed by atoms with Crippen molar-refractivity contribution in [1.82, 2.24) is 0 Å². The summed E-state index contributed by atoms with van der Waals surface area (Å²) < 4.78 is 16.1. The third kappa shape index (κ3) is 4.19. The van der Waals surface area contributed by atoms with E-state index < -0.39 is 12.6 Å². The summed E-state index contributed by atoms with van der Waals surface area (Å²) in [6.07, 6.45) is 0. The van der Waals surface area contributed by atoms with Gasteiger partial charge in [0.2, 0.25) is 0 Å². The van der Waals surface area contributed by atoms with Crippen LogP contribution in [0.1, 0.15) is 0 Å². The van der Waals surface area contributed by atoms with E-state index in [1.54, 1.807) is 42.5 Å². The zero-order valence-corrected chi connectivity index (χ0v) is 15.9. The molecule has 0 aliphatic carbocycles. The van der Waals surface area contributed by atoms with Crippen molar-refractivity contribution in [2.45, 2.75) is 0 Å². The number of aliphatic carboxylic acids is 1. The molecule has 3 aromatic rings. The van der Waals surface area contributed by atoms with Crippen LogP contribution in [0.4, 0.5) is 0 Å². The molecule has 0 amide bonds. The molecule has 7 nitrogen and oxygen atoms in total. The van der Waals surface area contributed by atoms with E-state index in [0.717, 1.165) is 5.56 Å². The molecule has 0 aromatic heterocycles. The largest absolute Gasteiger partial charge is 0.508 e. The number of phenols is 2. The Morgan fingerprint density at radius 1 is 0.897 bits per heavy atom. The maximum absolute atomic E-state index is 10.9. The van der Waals surface area contributed by atoms with Crippen molar-refractivity contribution in [2.24, 2.45) is 0 Å². The Labute approximate surface area is 167 Å². The van der Waals surface area contributed by atoms with Crippen molar-refractivity contribution in [3.8, 4) is 51.0 Å². The summed E-state index contributed by atoms with van der Waals surface area (Å²) in [6.45, 7) is -0.432. The maximum Gasteiger partial charge on any atom is 0.341 e. The van der Waals surface area contributed by atoms with Crippen LogP contribution < -0.4 is 14.2 Å². The molecule has 0 spiro atoms. The number of hydrogen-bond acceptors (Lipinski definition) is 6. The van der Waals surface area contributed by atoms with Crippen molar-refractivity contribution < 1.29 is 34.3 Å². The van der Waals surface area contributed by atoms with Gasteiger partial charge in [-0.2, -0.15) is 0 Å². The molecule has 0 atom stereocenters. The van der Waals surface area contributed by atoms with Crippen LogP contribution in [0.5, 0.6) is 28.7 Å². The lowest BCUT2D eigenvalue weighted by Crippen LogP contribution is -2.09. The number of ether oxygens (including phenoxy) is 3. The van der Waals surface area contributed by atoms with E-state index in [-0.39, 0.29) is 17.2 Å². The Bertz CT molecular complexity index is 1010. The van der Waals surface area contributed by atoms with Crippen LogP contribution in [0.3, 0.4) is 0 Å². The molecule has 3 rings (SSSR count). The Morgan fingerprint density at radius 3 is 2.07 bits per heavy atom. The summed E-state index contributed by atoms with van der Waals surface area (Å²) >= 11 is 0. The van der Waals surface area contributed by atoms with E-state index in [1.165, 1.54) is 26.4 Å². The average Bonchev–Trinajstić information content (AvgIpc) is 2.72. The second kappa shape index (κ2) is 8.43. The molecule has 0 fully saturated rings. The third-order valence-electron chi connectivity index (χ3n) is 4.33. The molecule has 0 aliphatic rings. The van der Waals surface area contributed by atoms with Gasteiger partial charge < -0.3 is 29.5 Å². The number of hydrogen-bond donors (Lipinski definition) is 3. The van der Waals surface area contributed by atoms with Crippen LogP contribution in [-0.4, -0.2) is 42.1 Å². The molecule has 0 saturated heterocycles. The minimum atomic E-state index is -1.06. The summed E-state index contributed by atoms with van der Waals surface area (Å²) in [7, 11) is 2.95. The number of carboxylic acid groups (broad SMARTS) is 1. The van der Waals surface area contributed by atoms with Crippen LogP contribution >= 0.6 is 0 Å². The number of phenolic OH excluding ortho intramolecular Hbond substituents is 2. The summed E-state index contributed by atoms with van der Waals surface area (Å²) in [6, 6.07) is 14.8. The first kappa shape index (κ1) is 19.9. The lowest BCUT2D eigenvalue weighted by Gasteiger charge is -2.18. The fourth-order valence-corrected chi connectivity index (χ4v) is 2.99. The van der Waals surface area contributed by atoms with Gasteiger partial charge in [0.25, 0.3) is 0 Å². The molecule has 0 radical (unpaired) electrons. The van der Waals surface area contributed by atoms with Crippen molar-refractivity contribution >= 4 is 5.97 Å². The van der Waals surface area contributed by atoms with E-state index in [1.807, 2.05) is 0 Å². The number of benzene rings is 3. The summed E-state index contributed by atoms with van der Waals surface area (Å²) in [5.41, 5.74) is 2.40. The van der Waals surface area contributed by atoms with E-state index in [0.29, 0.717) is 28.2 Å². The predicted octanol–water partition coefficient (Wildman–Crippen LogP) is 3.91. The molecule has 150 valence electrons. The average molecular weight is 396 g/mol. The Balaban J connectivity index is 2.07. The zero-order valence-electron chi connectivity index (χ0n) is 15.9. The first-order valence-electron chi connectivity index (χ1n) is 8.67. The number of methoxy groups -OCH3 is 2. The Morgan fingerprint density at radius 2 is 1.52 bits per heavy atom. The molecule has 7 heteroatoms. The maximum atomic E-state index is 10.9. The highest BCUT2D eigenvalue weighted by molar-refractivity contribution is 5.87. The topological polar surface area (TPSA) is 105 Å². The molecule has 0 heterocycles. The van der Waals surface area contributed by atoms with Crippen LogP contribution in [0.25, 0.3) is 22.3 Å². The Kier molecular flexibility index (Phi) is 5.78. The van der Waals surface area contributed by atoms with Crippen molar-refractivity contribution in [3.63, 3.8) is 0 Å². The zero-order chi connectivity index (χ0) is 21.0. The quantitative estimate of drug-likeness (QED) is 0.556. The van der Waals surface area contributed by atoms with E-state index in [9.17, 15) is 15.0 Å². The third-order valence-corrected chi connectivity index (χ3v) is 4.33. The molecule has 3 aromatic carbocycles. The van der Waals surface area contributed by atoms with E-state index in [2.05, 4.69) is 0 Å². The van der Waals surface area contributed by atoms with Gasteiger partial charge in [-0.3, -0.25) is 0 Å². The van der Waals surface area contributed by atoms with Gasteiger partial charge in [-0.05, 0) is 41.5 Å². The van der Waals surface area contributed by atoms with Gasteiger partial charge in [0, 0.05) is 5.56 Å². The molecule has 3 N–H and O–H groups in total. The van der Waals surface area contributed by atoms with Gasteiger partial charge >= 0.3 is 5.97 Å². The van der Waals surface area contributed by atoms with Crippen molar-refractivity contribution in [3.05, 3.63) is 54.6 Å². The highest BCUT2D eigenvalue weighted by atomic mass is 16.5. The first-order valence-corrected chi connectivity index (χ1v) is 8.67. The summed E-state index contributed by atoms with van der Waals surface area (Å²) in [5, 5.41) is 29.1. The predicted molar refractivity (Wildman–Crippen MR) is 107 cm³/mol. The second-order valence-electron chi connectivity index (χ2n) is 6.14. The van der Waals surface area contributed by atoms with Crippen LogP contribution in [0.2, 0.25) is 0 Å². The standard InChI is InChI=1S/C22H20O7/c1-27-18-11-17(13-5-9-16(10-6-13)29-12-19(24)25)22(28-2)21(26)20(18)14-3-7-15(23)8-4-14/h3-11,23,26H,12H2,1-2H3,(H,24,25). The minimum absolute atomic E-state index is 0.0984. The first-order chi connectivity index (χ1) is 13.9. The monoisotopic (exact) mass is 396 g/mol. The van der Waals surface area contributed by atoms with E-state index >= 15 is 0 Å². The highest BCUT2D eigenvalue weighted by Crippen LogP contribution is 2.49. The van der Waals surface area contributed by atoms with Crippen LogP contribution in [0.15, 0.2) is 54.6 Å². The summed E-state index contributed by atoms with van der Waals surface area (Å²) in [5.74, 6) is 0.0465. The number of carbonyl (C=O) groups is 1. The second-order valence-corrected chi connectivity index (χ2v) is 6.14. The number of aromatic hydroxyl groups is 2. The van der Waals surface area contributed by atoms with Crippen LogP contribution in [0, 0.1) is 0 Å². The number of rotatable bonds is 7. The van der Waals surface area contributed by atoms with Gasteiger partial charge in [0.1, 0.15) is 17.2 Å². The minimum Gasteiger partial charge on any atom is -0.508 e. The molecule has 0 unspecified atom stereocenters. The van der Waals surface area contributed by atoms with Crippen molar-refractivity contribution in [1.29, 1.82) is 0 Å². The molecular weight excluding hydrogens is 376 g/mol. The fraction of sp³-hybridized carbons (Fsp3) is 0.136. The molecule has 29 heavy (non-hydrogen) atoms. The highest BCUT2D eigenvalue weighted by Gasteiger charge is 2.21. The fourth-order valence-electron chi connectivity index (χ4n) is 2.99. The van der Waals surface area contributed by atoms with Gasteiger partial charge in [-0.1, -0.05) is 24.3 Å². The van der Waals surface area contributed by atoms with E-state index in [4.69, 9.17) is 19.3 Å². The lowest BCUT2D eigenvalue weighted by molar-refractivity contribution is -0.139. The van der Waals surface area contributed by atoms with Gasteiger partial charge in [-0.15, -0.1) is 0 Å². The molecule has 0 bridgehead atoms. The van der Waals surface area contributed by atoms with Gasteiger partial charge in [0.05, 0.1) is 19.8 Å². The van der Waals surface area contributed by atoms with Gasteiger partial charge in [-0.25, -0.2) is 4.79 Å². The van der Waals surface area contributed by atoms with Crippen LogP contribution in [-0.2, 0) is 4.79 Å². The molecular formula is C22H20O7. The van der Waals surface area contributed by atoms with Gasteiger partial charge in [0.15, 0.2) is 18.1 Å². The SMILES string of the molecule is COc1cc(-c2ccc(OCC(=O)O)cc2)c(OC)c(O)c1-c1ccc(O)cc1. The molecule has 0 saturated carbocycles. The lowest BCUT2D eigenvalue weighted by atomic mass is 9.96. The Hall–Kier alpha value is -3.87. The number of carboxylic acids is 1. The van der Waals surface area contributed by atoms with Crippen molar-refractivity contribution in [2.75, 3.05) is 20.8 Å². The molecule has 0 aliphatic heterocycles. The smallest absolute Gasteiger partial charge is 0.341 e. The normalized spacial score (nSPS) is 10.4.